The number of methoxy groups -OCH3 is 2. The molecule has 2 N–H and O–H groups in total. The molecule has 0 spiro atoms. The zero-order valence-corrected chi connectivity index (χ0v) is 14.9. The second-order valence-electron chi connectivity index (χ2n) is 5.63. The van der Waals surface area contributed by atoms with Crippen molar-refractivity contribution in [2.24, 2.45) is 0 Å². The molecule has 1 aromatic heterocycles. The van der Waals surface area contributed by atoms with E-state index in [1.165, 1.54) is 20.5 Å². The molecule has 2 aromatic rings. The maximum absolute atomic E-state index is 12.5. The van der Waals surface area contributed by atoms with Gasteiger partial charge in [0.2, 0.25) is 5.91 Å². The van der Waals surface area contributed by atoms with Crippen LogP contribution in [0.3, 0.4) is 0 Å². The van der Waals surface area contributed by atoms with Crippen molar-refractivity contribution in [3.63, 3.8) is 0 Å². The van der Waals surface area contributed by atoms with E-state index in [0.717, 1.165) is 24.0 Å². The number of fused-ring (bicyclic) bond motifs is 1. The number of amides is 1. The van der Waals surface area contributed by atoms with Crippen molar-refractivity contribution < 1.29 is 24.3 Å². The fraction of sp³-hybridized carbons (Fsp3) is 0.471. The molecule has 1 heterocycles. The summed E-state index contributed by atoms with van der Waals surface area (Å²) < 4.78 is 11.5. The number of hydrogen-bond acceptors (Lipinski definition) is 7. The molecule has 0 saturated heterocycles. The van der Waals surface area contributed by atoms with Gasteiger partial charge in [0, 0.05) is 12.5 Å². The molecule has 0 aliphatic carbocycles. The van der Waals surface area contributed by atoms with Crippen molar-refractivity contribution in [1.82, 2.24) is 15.2 Å². The van der Waals surface area contributed by atoms with E-state index in [2.05, 4.69) is 4.98 Å². The van der Waals surface area contributed by atoms with E-state index in [0.29, 0.717) is 35.4 Å². The molecule has 26 heavy (non-hydrogen) atoms. The SMILES string of the molecule is COc1cc2ncn(OCCCCCCC(=O)NO)c(=O)c2cc1OC. The maximum atomic E-state index is 12.5. The van der Waals surface area contributed by atoms with Crippen molar-refractivity contribution in [2.75, 3.05) is 20.8 Å². The number of unbranched alkanes of at least 4 members (excludes halogenated alkanes) is 3. The number of hydrogen-bond donors (Lipinski definition) is 2. The number of carbonyl (C=O) groups excluding carboxylic acids is 1. The summed E-state index contributed by atoms with van der Waals surface area (Å²) in [6.45, 7) is 0.354. The second-order valence-corrected chi connectivity index (χ2v) is 5.63. The second kappa shape index (κ2) is 9.62. The van der Waals surface area contributed by atoms with Crippen LogP contribution in [0.25, 0.3) is 10.9 Å². The summed E-state index contributed by atoms with van der Waals surface area (Å²) in [5.74, 6) is 0.561. The van der Waals surface area contributed by atoms with Gasteiger partial charge in [-0.25, -0.2) is 10.5 Å². The Morgan fingerprint density at radius 1 is 1.15 bits per heavy atom. The quantitative estimate of drug-likeness (QED) is 0.371. The molecule has 0 bridgehead atoms. The molecular weight excluding hydrogens is 342 g/mol. The minimum absolute atomic E-state index is 0.288. The molecule has 0 fully saturated rings. The minimum atomic E-state index is -0.387. The van der Waals surface area contributed by atoms with Gasteiger partial charge in [-0.2, -0.15) is 0 Å². The molecule has 0 aliphatic heterocycles. The van der Waals surface area contributed by atoms with Gasteiger partial charge in [-0.15, -0.1) is 4.73 Å². The van der Waals surface area contributed by atoms with Crippen molar-refractivity contribution in [3.8, 4) is 11.5 Å². The predicted octanol–water partition coefficient (Wildman–Crippen LogP) is 1.30. The lowest BCUT2D eigenvalue weighted by atomic mass is 10.1. The zero-order valence-electron chi connectivity index (χ0n) is 14.9. The van der Waals surface area contributed by atoms with Gasteiger partial charge in [0.1, 0.15) is 12.9 Å². The number of nitrogens with zero attached hydrogens (tertiary/aromatic N) is 2. The molecule has 0 saturated carbocycles. The number of benzene rings is 1. The summed E-state index contributed by atoms with van der Waals surface area (Å²) in [7, 11) is 3.02. The lowest BCUT2D eigenvalue weighted by Gasteiger charge is -2.11. The van der Waals surface area contributed by atoms with E-state index >= 15 is 0 Å². The average molecular weight is 365 g/mol. The first kappa shape index (κ1) is 19.5. The molecule has 0 unspecified atom stereocenters. The number of rotatable bonds is 10. The third kappa shape index (κ3) is 4.85. The summed E-state index contributed by atoms with van der Waals surface area (Å²) in [6, 6.07) is 3.22. The minimum Gasteiger partial charge on any atom is -0.493 e. The van der Waals surface area contributed by atoms with Crippen molar-refractivity contribution in [2.45, 2.75) is 32.1 Å². The molecule has 1 amide bonds. The van der Waals surface area contributed by atoms with Crippen LogP contribution in [0.2, 0.25) is 0 Å². The van der Waals surface area contributed by atoms with E-state index in [4.69, 9.17) is 19.5 Å². The van der Waals surface area contributed by atoms with E-state index < -0.39 is 0 Å². The summed E-state index contributed by atoms with van der Waals surface area (Å²) in [6.07, 6.45) is 4.72. The van der Waals surface area contributed by atoms with E-state index in [1.807, 2.05) is 0 Å². The third-order valence-electron chi connectivity index (χ3n) is 3.89. The van der Waals surface area contributed by atoms with Crippen LogP contribution in [0, 0.1) is 0 Å². The predicted molar refractivity (Wildman–Crippen MR) is 93.6 cm³/mol. The van der Waals surface area contributed by atoms with E-state index in [1.54, 1.807) is 17.6 Å². The van der Waals surface area contributed by atoms with Gasteiger partial charge < -0.3 is 14.3 Å². The van der Waals surface area contributed by atoms with Crippen molar-refractivity contribution in [1.29, 1.82) is 0 Å². The highest BCUT2D eigenvalue weighted by Crippen LogP contribution is 2.29. The standard InChI is InChI=1S/C17H23N3O6/c1-24-14-9-12-13(10-15(14)25-2)18-11-20(17(12)22)26-8-6-4-3-5-7-16(21)19-23/h9-11,23H,3-8H2,1-2H3,(H,19,21). The summed E-state index contributed by atoms with van der Waals surface area (Å²) in [5, 5.41) is 8.77. The van der Waals surface area contributed by atoms with Gasteiger partial charge >= 0.3 is 0 Å². The van der Waals surface area contributed by atoms with E-state index in [9.17, 15) is 9.59 Å². The van der Waals surface area contributed by atoms with Crippen molar-refractivity contribution >= 4 is 16.8 Å². The molecule has 0 atom stereocenters. The number of hydroxylamine groups is 1. The van der Waals surface area contributed by atoms with Crippen LogP contribution in [0.15, 0.2) is 23.3 Å². The summed E-state index contributed by atoms with van der Waals surface area (Å²) >= 11 is 0. The fourth-order valence-electron chi connectivity index (χ4n) is 2.48. The van der Waals surface area contributed by atoms with Crippen LogP contribution in [0.1, 0.15) is 32.1 Å². The molecular formula is C17H23N3O6. The highest BCUT2D eigenvalue weighted by Gasteiger charge is 2.11. The Balaban J connectivity index is 1.93. The van der Waals surface area contributed by atoms with Gasteiger partial charge in [0.05, 0.1) is 25.1 Å². The van der Waals surface area contributed by atoms with Crippen LogP contribution in [-0.4, -0.2) is 41.7 Å². The number of nitrogens with one attached hydrogen (secondary N) is 1. The molecule has 1 aromatic carbocycles. The van der Waals surface area contributed by atoms with Crippen molar-refractivity contribution in [3.05, 3.63) is 28.8 Å². The first-order valence-corrected chi connectivity index (χ1v) is 8.30. The smallest absolute Gasteiger partial charge is 0.294 e. The van der Waals surface area contributed by atoms with Gasteiger partial charge in [0.25, 0.3) is 5.56 Å². The van der Waals surface area contributed by atoms with Gasteiger partial charge in [-0.1, -0.05) is 6.42 Å². The Morgan fingerprint density at radius 3 is 2.54 bits per heavy atom. The van der Waals surface area contributed by atoms with Crippen LogP contribution in [-0.2, 0) is 4.79 Å². The normalized spacial score (nSPS) is 10.6. The Labute approximate surface area is 150 Å². The number of carbonyl (C=O) groups is 1. The summed E-state index contributed by atoms with van der Waals surface area (Å²) in [4.78, 5) is 33.1. The first-order chi connectivity index (χ1) is 12.6. The highest BCUT2D eigenvalue weighted by molar-refractivity contribution is 5.81. The summed E-state index contributed by atoms with van der Waals surface area (Å²) in [5.41, 5.74) is 1.77. The molecule has 9 heteroatoms. The monoisotopic (exact) mass is 365 g/mol. The molecule has 0 aliphatic rings. The topological polar surface area (TPSA) is 112 Å². The first-order valence-electron chi connectivity index (χ1n) is 8.30. The molecule has 2 rings (SSSR count). The van der Waals surface area contributed by atoms with Crippen LogP contribution < -0.4 is 25.4 Å². The Bertz CT molecular complexity index is 805. The number of ether oxygens (including phenoxy) is 2. The average Bonchev–Trinajstić information content (AvgIpc) is 2.67. The maximum Gasteiger partial charge on any atom is 0.294 e. The van der Waals surface area contributed by atoms with E-state index in [-0.39, 0.29) is 17.9 Å². The lowest BCUT2D eigenvalue weighted by molar-refractivity contribution is -0.129. The zero-order chi connectivity index (χ0) is 18.9. The van der Waals surface area contributed by atoms with Gasteiger partial charge in [-0.05, 0) is 25.3 Å². The lowest BCUT2D eigenvalue weighted by Crippen LogP contribution is -2.27. The third-order valence-corrected chi connectivity index (χ3v) is 3.89. The highest BCUT2D eigenvalue weighted by atomic mass is 16.7. The fourth-order valence-corrected chi connectivity index (χ4v) is 2.48. The largest absolute Gasteiger partial charge is 0.493 e. The molecule has 0 radical (unpaired) electrons. The number of aromatic nitrogens is 2. The van der Waals surface area contributed by atoms with Crippen LogP contribution in [0.4, 0.5) is 0 Å². The van der Waals surface area contributed by atoms with Crippen LogP contribution in [0.5, 0.6) is 11.5 Å². The Morgan fingerprint density at radius 2 is 1.85 bits per heavy atom. The molecule has 142 valence electrons. The van der Waals surface area contributed by atoms with Gasteiger partial charge in [-0.3, -0.25) is 14.8 Å². The van der Waals surface area contributed by atoms with Crippen LogP contribution >= 0.6 is 0 Å². The molecule has 9 nitrogen and oxygen atoms in total. The Kier molecular flexibility index (Phi) is 7.22. The van der Waals surface area contributed by atoms with Gasteiger partial charge in [0.15, 0.2) is 11.5 Å². The Hall–Kier alpha value is -2.81.